The van der Waals surface area contributed by atoms with Crippen LogP contribution in [0.1, 0.15) is 36.2 Å². The number of thiazole rings is 1. The van der Waals surface area contributed by atoms with Gasteiger partial charge in [0.05, 0.1) is 18.1 Å². The van der Waals surface area contributed by atoms with Gasteiger partial charge in [0.1, 0.15) is 12.1 Å². The second-order valence-corrected chi connectivity index (χ2v) is 11.9. The highest BCUT2D eigenvalue weighted by molar-refractivity contribution is 7.89. The molecule has 2 aliphatic heterocycles. The lowest BCUT2D eigenvalue weighted by molar-refractivity contribution is 0.158. The van der Waals surface area contributed by atoms with E-state index in [1.54, 1.807) is 17.7 Å². The largest absolute Gasteiger partial charge is 0.492 e. The Balaban J connectivity index is 1.35. The summed E-state index contributed by atoms with van der Waals surface area (Å²) in [5, 5.41) is 5.24. The number of nitrogens with one attached hydrogen (secondary N) is 1. The summed E-state index contributed by atoms with van der Waals surface area (Å²) in [5.74, 6) is 2.18. The summed E-state index contributed by atoms with van der Waals surface area (Å²) in [7, 11) is -1.71. The van der Waals surface area contributed by atoms with Gasteiger partial charge in [0, 0.05) is 48.5 Å². The summed E-state index contributed by atoms with van der Waals surface area (Å²) in [4.78, 5) is 12.8. The second-order valence-electron chi connectivity index (χ2n) is 8.75. The van der Waals surface area contributed by atoms with E-state index >= 15 is 0 Å². The first kappa shape index (κ1) is 22.5. The lowest BCUT2D eigenvalue weighted by atomic mass is 9.90. The molecule has 9 nitrogen and oxygen atoms in total. The Bertz CT molecular complexity index is 1260. The second kappa shape index (κ2) is 8.79. The lowest BCUT2D eigenvalue weighted by Crippen LogP contribution is -2.47. The number of hydrogen-bond donors (Lipinski definition) is 1. The third-order valence-electron chi connectivity index (χ3n) is 6.21. The van der Waals surface area contributed by atoms with E-state index in [0.717, 1.165) is 47.3 Å². The molecular formula is C22H28N6O3S2. The number of nitrogens with zero attached hydrogens (tertiary/aromatic N) is 5. The van der Waals surface area contributed by atoms with Gasteiger partial charge in [-0.05, 0) is 38.6 Å². The zero-order valence-corrected chi connectivity index (χ0v) is 20.6. The highest BCUT2D eigenvalue weighted by atomic mass is 32.2. The minimum Gasteiger partial charge on any atom is -0.492 e. The molecule has 0 aliphatic carbocycles. The zero-order chi connectivity index (χ0) is 23.2. The van der Waals surface area contributed by atoms with Crippen LogP contribution in [0.25, 0.3) is 22.1 Å². The van der Waals surface area contributed by atoms with E-state index < -0.39 is 10.0 Å². The smallest absolute Gasteiger partial charge is 0.212 e. The quantitative estimate of drug-likeness (QED) is 0.545. The minimum absolute atomic E-state index is 0.128. The Morgan fingerprint density at radius 1 is 1.30 bits per heavy atom. The molecule has 11 heteroatoms. The maximum atomic E-state index is 11.6. The predicted octanol–water partition coefficient (Wildman–Crippen LogP) is 2.53. The Morgan fingerprint density at radius 2 is 2.12 bits per heavy atom. The molecule has 0 amide bonds. The lowest BCUT2D eigenvalue weighted by Gasteiger charge is -2.39. The summed E-state index contributed by atoms with van der Waals surface area (Å²) >= 11 is 1.66. The number of aromatic nitrogens is 4. The van der Waals surface area contributed by atoms with Crippen LogP contribution in [0.5, 0.6) is 5.75 Å². The van der Waals surface area contributed by atoms with Crippen LogP contribution in [0.15, 0.2) is 24.5 Å². The Morgan fingerprint density at radius 3 is 2.88 bits per heavy atom. The Kier molecular flexibility index (Phi) is 5.98. The average molecular weight is 489 g/mol. The van der Waals surface area contributed by atoms with Gasteiger partial charge in [-0.2, -0.15) is 5.10 Å². The van der Waals surface area contributed by atoms with Crippen LogP contribution in [0, 0.1) is 0 Å². The van der Waals surface area contributed by atoms with Crippen LogP contribution in [0.3, 0.4) is 0 Å². The van der Waals surface area contributed by atoms with Crippen molar-refractivity contribution in [2.24, 2.45) is 0 Å². The van der Waals surface area contributed by atoms with E-state index in [2.05, 4.69) is 51.8 Å². The molecule has 0 unspecified atom stereocenters. The van der Waals surface area contributed by atoms with Crippen molar-refractivity contribution < 1.29 is 13.2 Å². The van der Waals surface area contributed by atoms with Crippen molar-refractivity contribution in [3.05, 3.63) is 35.0 Å². The minimum atomic E-state index is -3.17. The number of sulfonamides is 1. The summed E-state index contributed by atoms with van der Waals surface area (Å²) in [5.41, 5.74) is 3.21. The molecule has 3 aromatic rings. The summed E-state index contributed by atoms with van der Waals surface area (Å²) in [6.45, 7) is 7.04. The first-order valence-corrected chi connectivity index (χ1v) is 13.6. The van der Waals surface area contributed by atoms with Crippen LogP contribution < -0.4 is 9.46 Å². The molecule has 1 saturated heterocycles. The van der Waals surface area contributed by atoms with E-state index in [4.69, 9.17) is 9.72 Å². The van der Waals surface area contributed by atoms with Gasteiger partial charge >= 0.3 is 0 Å². The first-order valence-electron chi connectivity index (χ1n) is 11.1. The number of likely N-dealkylation sites (tertiary alicyclic amines) is 1. The molecule has 5 rings (SSSR count). The van der Waals surface area contributed by atoms with Crippen molar-refractivity contribution in [2.45, 2.75) is 32.2 Å². The van der Waals surface area contributed by atoms with Crippen LogP contribution in [-0.2, 0) is 16.4 Å². The topological polar surface area (TPSA) is 102 Å². The summed E-state index contributed by atoms with van der Waals surface area (Å²) in [6, 6.07) is 6.61. The molecule has 0 spiro atoms. The van der Waals surface area contributed by atoms with Crippen molar-refractivity contribution in [1.29, 1.82) is 0 Å². The van der Waals surface area contributed by atoms with Gasteiger partial charge < -0.3 is 9.64 Å². The van der Waals surface area contributed by atoms with Gasteiger partial charge in [-0.1, -0.05) is 6.07 Å². The van der Waals surface area contributed by atoms with E-state index in [-0.39, 0.29) is 11.8 Å². The van der Waals surface area contributed by atoms with Crippen LogP contribution in [-0.4, -0.2) is 72.1 Å². The molecule has 4 heterocycles. The third-order valence-corrected chi connectivity index (χ3v) is 8.67. The molecule has 0 radical (unpaired) electrons. The zero-order valence-electron chi connectivity index (χ0n) is 19.0. The first-order chi connectivity index (χ1) is 15.8. The van der Waals surface area contributed by atoms with Crippen molar-refractivity contribution >= 4 is 21.4 Å². The molecule has 176 valence electrons. The molecular weight excluding hydrogens is 460 g/mol. The fourth-order valence-corrected chi connectivity index (χ4v) is 6.03. The highest BCUT2D eigenvalue weighted by Crippen LogP contribution is 2.42. The van der Waals surface area contributed by atoms with Gasteiger partial charge in [0.25, 0.3) is 0 Å². The van der Waals surface area contributed by atoms with Crippen LogP contribution in [0.2, 0.25) is 0 Å². The van der Waals surface area contributed by atoms with E-state index in [1.807, 2.05) is 4.68 Å². The number of rotatable bonds is 7. The highest BCUT2D eigenvalue weighted by Gasteiger charge is 2.30. The fraction of sp³-hybridized carbons (Fsp3) is 0.500. The predicted molar refractivity (Wildman–Crippen MR) is 128 cm³/mol. The van der Waals surface area contributed by atoms with Gasteiger partial charge in [0.15, 0.2) is 10.8 Å². The summed E-state index contributed by atoms with van der Waals surface area (Å²) < 4.78 is 33.7. The molecule has 0 saturated carbocycles. The third kappa shape index (κ3) is 4.42. The maximum Gasteiger partial charge on any atom is 0.212 e. The molecule has 1 N–H and O–H groups in total. The number of ether oxygens (including phenoxy) is 1. The van der Waals surface area contributed by atoms with Crippen LogP contribution >= 0.6 is 11.3 Å². The molecule has 1 aromatic carbocycles. The SMILES string of the molecule is CNS(=O)(=O)CCN1CC(c2ccc3c(c2)OCCc2sc(-c4ncnn4C(C)C)nc2-3)C1. The molecule has 0 bridgehead atoms. The van der Waals surface area contributed by atoms with E-state index in [0.29, 0.717) is 19.1 Å². The van der Waals surface area contributed by atoms with Gasteiger partial charge in [-0.3, -0.25) is 0 Å². The standard InChI is InChI=1S/C22H28N6O3S2/c1-14(2)28-21(24-13-25-28)22-26-20-17-5-4-15(10-18(17)31-8-6-19(20)32-22)16-11-27(12-16)7-9-33(29,30)23-3/h4-5,10,13-14,16,23H,6-9,11-12H2,1-3H3. The van der Waals surface area contributed by atoms with Crippen LogP contribution in [0.4, 0.5) is 0 Å². The molecule has 2 aromatic heterocycles. The van der Waals surface area contributed by atoms with Gasteiger partial charge in [0.2, 0.25) is 10.0 Å². The van der Waals surface area contributed by atoms with Gasteiger partial charge in [-0.15, -0.1) is 11.3 Å². The van der Waals surface area contributed by atoms with Gasteiger partial charge in [-0.25, -0.2) is 27.8 Å². The molecule has 33 heavy (non-hydrogen) atoms. The monoisotopic (exact) mass is 488 g/mol. The maximum absolute atomic E-state index is 11.6. The Hall–Kier alpha value is -2.34. The van der Waals surface area contributed by atoms with E-state index in [9.17, 15) is 8.42 Å². The molecule has 0 atom stereocenters. The van der Waals surface area contributed by atoms with Crippen molar-refractivity contribution in [3.8, 4) is 27.8 Å². The number of fused-ring (bicyclic) bond motifs is 3. The number of hydrogen-bond acceptors (Lipinski definition) is 8. The average Bonchev–Trinajstić information content (AvgIpc) is 3.37. The molecule has 1 fully saturated rings. The van der Waals surface area contributed by atoms with Crippen molar-refractivity contribution in [1.82, 2.24) is 29.4 Å². The number of benzene rings is 1. The summed E-state index contributed by atoms with van der Waals surface area (Å²) in [6.07, 6.45) is 2.39. The van der Waals surface area contributed by atoms with Crippen molar-refractivity contribution in [2.75, 3.05) is 39.0 Å². The molecule has 2 aliphatic rings. The van der Waals surface area contributed by atoms with E-state index in [1.165, 1.54) is 17.5 Å². The fourth-order valence-electron chi connectivity index (χ4n) is 4.28. The van der Waals surface area contributed by atoms with Crippen molar-refractivity contribution in [3.63, 3.8) is 0 Å². The Labute approximate surface area is 197 Å². The normalized spacial score (nSPS) is 16.7.